The topological polar surface area (TPSA) is 96.5 Å². The quantitative estimate of drug-likeness (QED) is 0.602. The zero-order valence-corrected chi connectivity index (χ0v) is 17.1. The Hall–Kier alpha value is -2.45. The minimum absolute atomic E-state index is 0.119. The highest BCUT2D eigenvalue weighted by Crippen LogP contribution is 2.24. The first-order valence-corrected chi connectivity index (χ1v) is 9.82. The molecule has 2 aromatic rings. The van der Waals surface area contributed by atoms with Gasteiger partial charge in [0.2, 0.25) is 10.0 Å². The number of methoxy groups -OCH3 is 1. The van der Waals surface area contributed by atoms with E-state index in [0.29, 0.717) is 16.8 Å². The summed E-state index contributed by atoms with van der Waals surface area (Å²) in [5.74, 6) is -0.975. The normalized spacial score (nSPS) is 12.9. The van der Waals surface area contributed by atoms with Gasteiger partial charge >= 0.3 is 5.97 Å². The van der Waals surface area contributed by atoms with Crippen LogP contribution in [0.15, 0.2) is 29.2 Å². The van der Waals surface area contributed by atoms with Crippen LogP contribution in [0.5, 0.6) is 0 Å². The van der Waals surface area contributed by atoms with E-state index in [9.17, 15) is 18.0 Å². The number of benzene rings is 1. The van der Waals surface area contributed by atoms with E-state index >= 15 is 0 Å². The summed E-state index contributed by atoms with van der Waals surface area (Å²) in [6.07, 6.45) is 0. The third-order valence-electron chi connectivity index (χ3n) is 4.70. The van der Waals surface area contributed by atoms with Gasteiger partial charge in [0.25, 0.3) is 0 Å². The van der Waals surface area contributed by atoms with Gasteiger partial charge < -0.3 is 9.72 Å². The number of hydrogen-bond donors (Lipinski definition) is 1. The lowest BCUT2D eigenvalue weighted by Gasteiger charge is -2.23. The van der Waals surface area contributed by atoms with Crippen molar-refractivity contribution in [1.82, 2.24) is 9.29 Å². The highest BCUT2D eigenvalue weighted by atomic mass is 32.2. The SMILES string of the molecule is COC(=O)c1[nH]c(C)c(C(=O)C(C)N(C)S(=O)(=O)c2ccc(C)cc2)c1C. The van der Waals surface area contributed by atoms with Crippen molar-refractivity contribution in [3.05, 3.63) is 52.3 Å². The summed E-state index contributed by atoms with van der Waals surface area (Å²) >= 11 is 0. The number of H-pyrrole nitrogens is 1. The van der Waals surface area contributed by atoms with Crippen LogP contribution in [0, 0.1) is 20.8 Å². The number of carbonyl (C=O) groups excluding carboxylic acids is 2. The molecule has 1 N–H and O–H groups in total. The Kier molecular flexibility index (Phi) is 5.91. The van der Waals surface area contributed by atoms with Crippen LogP contribution in [-0.4, -0.2) is 49.7 Å². The van der Waals surface area contributed by atoms with Crippen LogP contribution in [0.25, 0.3) is 0 Å². The zero-order valence-electron chi connectivity index (χ0n) is 16.3. The minimum Gasteiger partial charge on any atom is -0.464 e. The van der Waals surface area contributed by atoms with Gasteiger partial charge in [0.1, 0.15) is 5.69 Å². The van der Waals surface area contributed by atoms with Crippen molar-refractivity contribution in [2.75, 3.05) is 14.2 Å². The molecule has 7 nitrogen and oxygen atoms in total. The van der Waals surface area contributed by atoms with Crippen molar-refractivity contribution in [3.63, 3.8) is 0 Å². The molecule has 1 atom stereocenters. The largest absolute Gasteiger partial charge is 0.464 e. The Morgan fingerprint density at radius 1 is 1.11 bits per heavy atom. The third-order valence-corrected chi connectivity index (χ3v) is 6.64. The highest BCUT2D eigenvalue weighted by Gasteiger charge is 2.33. The summed E-state index contributed by atoms with van der Waals surface area (Å²) in [6, 6.07) is 5.49. The molecule has 0 saturated heterocycles. The number of rotatable bonds is 6. The Labute approximate surface area is 159 Å². The number of aryl methyl sites for hydroxylation is 2. The lowest BCUT2D eigenvalue weighted by Crippen LogP contribution is -2.40. The number of hydrogen-bond acceptors (Lipinski definition) is 5. The van der Waals surface area contributed by atoms with Crippen molar-refractivity contribution < 1.29 is 22.7 Å². The number of Topliss-reactive ketones (excluding diaryl/α,β-unsaturated/α-hetero) is 1. The molecule has 0 saturated carbocycles. The first-order valence-electron chi connectivity index (χ1n) is 8.38. The molecular formula is C19H24N2O5S. The number of ether oxygens (including phenoxy) is 1. The molecule has 1 unspecified atom stereocenters. The number of nitrogens with zero attached hydrogens (tertiary/aromatic N) is 1. The van der Waals surface area contributed by atoms with E-state index in [1.807, 2.05) is 6.92 Å². The molecule has 0 bridgehead atoms. The summed E-state index contributed by atoms with van der Waals surface area (Å²) in [7, 11) is -1.21. The number of esters is 1. The van der Waals surface area contributed by atoms with E-state index in [2.05, 4.69) is 4.98 Å². The summed E-state index contributed by atoms with van der Waals surface area (Å²) in [6.45, 7) is 6.68. The zero-order chi connectivity index (χ0) is 20.5. The summed E-state index contributed by atoms with van der Waals surface area (Å²) < 4.78 is 31.4. The number of nitrogens with one attached hydrogen (secondary N) is 1. The highest BCUT2D eigenvalue weighted by molar-refractivity contribution is 7.89. The summed E-state index contributed by atoms with van der Waals surface area (Å²) in [5, 5.41) is 0. The Balaban J connectivity index is 2.38. The van der Waals surface area contributed by atoms with E-state index < -0.39 is 27.8 Å². The standard InChI is InChI=1S/C19H24N2O5S/c1-11-7-9-15(10-8-11)27(24,25)21(5)14(4)18(22)16-12(2)17(19(23)26-6)20-13(16)3/h7-10,14,20H,1-6H3. The van der Waals surface area contributed by atoms with Crippen LogP contribution in [-0.2, 0) is 14.8 Å². The van der Waals surface area contributed by atoms with Gasteiger partial charge in [-0.05, 0) is 45.4 Å². The number of sulfonamides is 1. The molecule has 0 amide bonds. The Morgan fingerprint density at radius 3 is 2.19 bits per heavy atom. The Bertz CT molecular complexity index is 974. The predicted octanol–water partition coefficient (Wildman–Crippen LogP) is 2.62. The number of likely N-dealkylation sites (N-methyl/N-ethyl adjacent to an activating group) is 1. The molecule has 8 heteroatoms. The maximum Gasteiger partial charge on any atom is 0.354 e. The van der Waals surface area contributed by atoms with Crippen molar-refractivity contribution in [2.24, 2.45) is 0 Å². The van der Waals surface area contributed by atoms with E-state index in [-0.39, 0.29) is 10.6 Å². The second-order valence-electron chi connectivity index (χ2n) is 6.49. The van der Waals surface area contributed by atoms with Crippen molar-refractivity contribution in [1.29, 1.82) is 0 Å². The van der Waals surface area contributed by atoms with Crippen LogP contribution in [0.4, 0.5) is 0 Å². The van der Waals surface area contributed by atoms with E-state index in [1.165, 1.54) is 33.2 Å². The van der Waals surface area contributed by atoms with Crippen LogP contribution >= 0.6 is 0 Å². The number of aromatic nitrogens is 1. The van der Waals surface area contributed by atoms with E-state index in [4.69, 9.17) is 4.74 Å². The van der Waals surface area contributed by atoms with Gasteiger partial charge in [0.15, 0.2) is 5.78 Å². The van der Waals surface area contributed by atoms with Gasteiger partial charge in [-0.15, -0.1) is 0 Å². The van der Waals surface area contributed by atoms with E-state index in [0.717, 1.165) is 9.87 Å². The van der Waals surface area contributed by atoms with Crippen molar-refractivity contribution >= 4 is 21.8 Å². The molecular weight excluding hydrogens is 368 g/mol. The smallest absolute Gasteiger partial charge is 0.354 e. The van der Waals surface area contributed by atoms with Gasteiger partial charge in [-0.1, -0.05) is 17.7 Å². The second-order valence-corrected chi connectivity index (χ2v) is 8.49. The fraction of sp³-hybridized carbons (Fsp3) is 0.368. The molecule has 146 valence electrons. The average molecular weight is 392 g/mol. The Morgan fingerprint density at radius 2 is 1.67 bits per heavy atom. The molecule has 0 aliphatic heterocycles. The molecule has 1 aromatic heterocycles. The maximum absolute atomic E-state index is 13.0. The maximum atomic E-state index is 13.0. The lowest BCUT2D eigenvalue weighted by atomic mass is 10.0. The van der Waals surface area contributed by atoms with Gasteiger partial charge in [0, 0.05) is 18.3 Å². The molecule has 0 radical (unpaired) electrons. The minimum atomic E-state index is -3.84. The van der Waals surface area contributed by atoms with Crippen LogP contribution in [0.1, 0.15) is 44.6 Å². The van der Waals surface area contributed by atoms with E-state index in [1.54, 1.807) is 26.0 Å². The third kappa shape index (κ3) is 3.81. The summed E-state index contributed by atoms with van der Waals surface area (Å²) in [4.78, 5) is 27.8. The number of ketones is 1. The fourth-order valence-electron chi connectivity index (χ4n) is 2.88. The molecule has 1 aromatic carbocycles. The molecule has 0 aliphatic carbocycles. The molecule has 27 heavy (non-hydrogen) atoms. The second kappa shape index (κ2) is 7.66. The molecule has 2 rings (SSSR count). The van der Waals surface area contributed by atoms with Crippen molar-refractivity contribution in [3.8, 4) is 0 Å². The average Bonchev–Trinajstić information content (AvgIpc) is 2.93. The van der Waals surface area contributed by atoms with Gasteiger partial charge in [-0.3, -0.25) is 4.79 Å². The number of carbonyl (C=O) groups is 2. The van der Waals surface area contributed by atoms with Crippen LogP contribution < -0.4 is 0 Å². The number of aromatic amines is 1. The monoisotopic (exact) mass is 392 g/mol. The van der Waals surface area contributed by atoms with Gasteiger partial charge in [0.05, 0.1) is 18.0 Å². The molecule has 0 fully saturated rings. The molecule has 1 heterocycles. The lowest BCUT2D eigenvalue weighted by molar-refractivity contribution is 0.0594. The van der Waals surface area contributed by atoms with Crippen LogP contribution in [0.3, 0.4) is 0 Å². The van der Waals surface area contributed by atoms with Crippen LogP contribution in [0.2, 0.25) is 0 Å². The molecule has 0 aliphatic rings. The van der Waals surface area contributed by atoms with Crippen molar-refractivity contribution in [2.45, 2.75) is 38.6 Å². The first-order chi connectivity index (χ1) is 12.5. The van der Waals surface area contributed by atoms with Gasteiger partial charge in [-0.2, -0.15) is 4.31 Å². The fourth-order valence-corrected chi connectivity index (χ4v) is 4.21. The molecule has 0 spiro atoms. The van der Waals surface area contributed by atoms with Gasteiger partial charge in [-0.25, -0.2) is 13.2 Å². The first kappa shape index (κ1) is 20.9. The predicted molar refractivity (Wildman–Crippen MR) is 102 cm³/mol. The summed E-state index contributed by atoms with van der Waals surface area (Å²) in [5.41, 5.74) is 2.36.